The van der Waals surface area contributed by atoms with Crippen LogP contribution in [0, 0.1) is 0 Å². The van der Waals surface area contributed by atoms with Gasteiger partial charge in [-0.05, 0) is 24.8 Å². The molecule has 6 heteroatoms. The van der Waals surface area contributed by atoms with Gasteiger partial charge in [0.1, 0.15) is 0 Å². The van der Waals surface area contributed by atoms with Crippen molar-refractivity contribution in [3.8, 4) is 0 Å². The van der Waals surface area contributed by atoms with Crippen molar-refractivity contribution in [2.24, 2.45) is 5.73 Å². The molecule has 0 amide bonds. The zero-order valence-corrected chi connectivity index (χ0v) is 12.0. The molecule has 2 aromatic rings. The van der Waals surface area contributed by atoms with E-state index in [2.05, 4.69) is 22.3 Å². The molecule has 0 aliphatic heterocycles. The molecule has 90 valence electrons. The number of hydrogen-bond donors (Lipinski definition) is 1. The molecule has 1 heterocycles. The van der Waals surface area contributed by atoms with Crippen LogP contribution in [-0.2, 0) is 0 Å². The van der Waals surface area contributed by atoms with Crippen LogP contribution in [-0.4, -0.2) is 16.5 Å². The SMILES string of the molecule is CSc1nnc(Sc2ccccc2[C@@H](C)N)s1. The summed E-state index contributed by atoms with van der Waals surface area (Å²) in [5, 5.41) is 8.24. The molecule has 2 N–H and O–H groups in total. The highest BCUT2D eigenvalue weighted by Crippen LogP contribution is 2.35. The van der Waals surface area contributed by atoms with E-state index < -0.39 is 0 Å². The van der Waals surface area contributed by atoms with E-state index in [4.69, 9.17) is 5.73 Å². The number of rotatable bonds is 4. The van der Waals surface area contributed by atoms with E-state index in [0.29, 0.717) is 0 Å². The third kappa shape index (κ3) is 3.22. The van der Waals surface area contributed by atoms with Crippen molar-refractivity contribution >= 4 is 34.9 Å². The van der Waals surface area contributed by atoms with E-state index in [1.54, 1.807) is 34.9 Å². The fourth-order valence-electron chi connectivity index (χ4n) is 1.36. The third-order valence-electron chi connectivity index (χ3n) is 2.17. The van der Waals surface area contributed by atoms with Gasteiger partial charge in [-0.15, -0.1) is 10.2 Å². The molecular formula is C11H13N3S3. The highest BCUT2D eigenvalue weighted by Gasteiger charge is 2.10. The van der Waals surface area contributed by atoms with Crippen molar-refractivity contribution in [3.05, 3.63) is 29.8 Å². The van der Waals surface area contributed by atoms with Crippen LogP contribution in [0.25, 0.3) is 0 Å². The number of nitrogens with zero attached hydrogens (tertiary/aromatic N) is 2. The monoisotopic (exact) mass is 283 g/mol. The van der Waals surface area contributed by atoms with E-state index in [9.17, 15) is 0 Å². The summed E-state index contributed by atoms with van der Waals surface area (Å²) >= 11 is 4.86. The van der Waals surface area contributed by atoms with Gasteiger partial charge >= 0.3 is 0 Å². The molecule has 0 fully saturated rings. The first-order valence-electron chi connectivity index (χ1n) is 5.10. The average molecular weight is 283 g/mol. The van der Waals surface area contributed by atoms with Crippen molar-refractivity contribution < 1.29 is 0 Å². The van der Waals surface area contributed by atoms with Gasteiger partial charge in [-0.25, -0.2) is 0 Å². The average Bonchev–Trinajstić information content (AvgIpc) is 2.77. The Morgan fingerprint density at radius 1 is 1.24 bits per heavy atom. The maximum atomic E-state index is 5.95. The van der Waals surface area contributed by atoms with Crippen molar-refractivity contribution in [2.75, 3.05) is 6.26 Å². The fourth-order valence-corrected chi connectivity index (χ4v) is 3.99. The summed E-state index contributed by atoms with van der Waals surface area (Å²) in [5.74, 6) is 0. The quantitative estimate of drug-likeness (QED) is 0.871. The summed E-state index contributed by atoms with van der Waals surface area (Å²) in [5.41, 5.74) is 7.10. The predicted octanol–water partition coefficient (Wildman–Crippen LogP) is 3.43. The maximum Gasteiger partial charge on any atom is 0.179 e. The Hall–Kier alpha value is -0.560. The Bertz CT molecular complexity index is 496. The lowest BCUT2D eigenvalue weighted by Crippen LogP contribution is -2.05. The normalized spacial score (nSPS) is 12.6. The molecule has 2 rings (SSSR count). The maximum absolute atomic E-state index is 5.95. The minimum absolute atomic E-state index is 0.0339. The summed E-state index contributed by atoms with van der Waals surface area (Å²) < 4.78 is 1.95. The van der Waals surface area contributed by atoms with Gasteiger partial charge < -0.3 is 5.73 Å². The first-order valence-corrected chi connectivity index (χ1v) is 7.96. The summed E-state index contributed by atoms with van der Waals surface area (Å²) in [6.45, 7) is 1.99. The smallest absolute Gasteiger partial charge is 0.179 e. The van der Waals surface area contributed by atoms with Gasteiger partial charge in [0.25, 0.3) is 0 Å². The standard InChI is InChI=1S/C11H13N3S3/c1-7(12)8-5-3-4-6-9(8)16-11-14-13-10(15-2)17-11/h3-7H,12H2,1-2H3/t7-/m1/s1. The Kier molecular flexibility index (Phi) is 4.44. The molecule has 0 spiro atoms. The van der Waals surface area contributed by atoms with Gasteiger partial charge in [-0.3, -0.25) is 0 Å². The topological polar surface area (TPSA) is 51.8 Å². The minimum Gasteiger partial charge on any atom is -0.324 e. The van der Waals surface area contributed by atoms with Crippen LogP contribution in [0.1, 0.15) is 18.5 Å². The number of aromatic nitrogens is 2. The zero-order valence-electron chi connectivity index (χ0n) is 9.58. The second kappa shape index (κ2) is 5.86. The summed E-state index contributed by atoms with van der Waals surface area (Å²) in [4.78, 5) is 1.16. The molecule has 1 aromatic heterocycles. The number of thioether (sulfide) groups is 1. The Morgan fingerprint density at radius 3 is 2.59 bits per heavy atom. The Labute approximate surface area is 113 Å². The van der Waals surface area contributed by atoms with Gasteiger partial charge in [0, 0.05) is 10.9 Å². The van der Waals surface area contributed by atoms with Crippen LogP contribution in [0.5, 0.6) is 0 Å². The van der Waals surface area contributed by atoms with Crippen LogP contribution < -0.4 is 5.73 Å². The molecule has 0 unspecified atom stereocenters. The Balaban J connectivity index is 2.23. The van der Waals surface area contributed by atoms with Gasteiger partial charge in [0.05, 0.1) is 0 Å². The van der Waals surface area contributed by atoms with Crippen molar-refractivity contribution in [1.82, 2.24) is 10.2 Å². The first kappa shape index (κ1) is 12.9. The van der Waals surface area contributed by atoms with Gasteiger partial charge in [0.2, 0.25) is 0 Å². The number of nitrogens with two attached hydrogens (primary N) is 1. The van der Waals surface area contributed by atoms with Crippen LogP contribution in [0.15, 0.2) is 37.8 Å². The van der Waals surface area contributed by atoms with Gasteiger partial charge in [-0.1, -0.05) is 53.1 Å². The van der Waals surface area contributed by atoms with E-state index >= 15 is 0 Å². The second-order valence-electron chi connectivity index (χ2n) is 3.47. The largest absolute Gasteiger partial charge is 0.324 e. The Morgan fingerprint density at radius 2 is 1.94 bits per heavy atom. The summed E-state index contributed by atoms with van der Waals surface area (Å²) in [6.07, 6.45) is 2.00. The molecule has 0 saturated heterocycles. The van der Waals surface area contributed by atoms with E-state index in [0.717, 1.165) is 19.1 Å². The molecular weight excluding hydrogens is 270 g/mol. The molecule has 3 nitrogen and oxygen atoms in total. The molecule has 0 saturated carbocycles. The van der Waals surface area contributed by atoms with Crippen molar-refractivity contribution in [3.63, 3.8) is 0 Å². The lowest BCUT2D eigenvalue weighted by Gasteiger charge is -2.10. The molecule has 0 aliphatic carbocycles. The van der Waals surface area contributed by atoms with Crippen LogP contribution in [0.4, 0.5) is 0 Å². The summed E-state index contributed by atoms with van der Waals surface area (Å²) in [6, 6.07) is 8.19. The molecule has 0 aliphatic rings. The third-order valence-corrected chi connectivity index (χ3v) is 5.21. The van der Waals surface area contributed by atoms with E-state index in [1.165, 1.54) is 0 Å². The molecule has 1 aromatic carbocycles. The lowest BCUT2D eigenvalue weighted by atomic mass is 10.1. The zero-order chi connectivity index (χ0) is 12.3. The molecule has 17 heavy (non-hydrogen) atoms. The molecule has 0 radical (unpaired) electrons. The van der Waals surface area contributed by atoms with Crippen molar-refractivity contribution in [1.29, 1.82) is 0 Å². The molecule has 0 bridgehead atoms. The minimum atomic E-state index is 0.0339. The summed E-state index contributed by atoms with van der Waals surface area (Å²) in [7, 11) is 0. The van der Waals surface area contributed by atoms with E-state index in [-0.39, 0.29) is 6.04 Å². The van der Waals surface area contributed by atoms with E-state index in [1.807, 2.05) is 25.3 Å². The van der Waals surface area contributed by atoms with Crippen LogP contribution in [0.3, 0.4) is 0 Å². The predicted molar refractivity (Wildman–Crippen MR) is 74.9 cm³/mol. The van der Waals surface area contributed by atoms with Gasteiger partial charge in [-0.2, -0.15) is 0 Å². The fraction of sp³-hybridized carbons (Fsp3) is 0.273. The van der Waals surface area contributed by atoms with Crippen LogP contribution >= 0.6 is 34.9 Å². The first-order chi connectivity index (χ1) is 8.20. The lowest BCUT2D eigenvalue weighted by molar-refractivity contribution is 0.797. The van der Waals surface area contributed by atoms with Gasteiger partial charge in [0.15, 0.2) is 8.68 Å². The number of benzene rings is 1. The number of hydrogen-bond acceptors (Lipinski definition) is 6. The highest BCUT2D eigenvalue weighted by molar-refractivity contribution is 8.03. The highest BCUT2D eigenvalue weighted by atomic mass is 32.2. The second-order valence-corrected chi connectivity index (χ2v) is 6.79. The van der Waals surface area contributed by atoms with Crippen LogP contribution in [0.2, 0.25) is 0 Å². The molecule has 1 atom stereocenters. The van der Waals surface area contributed by atoms with Crippen molar-refractivity contribution in [2.45, 2.75) is 26.5 Å².